The SMILES string of the molecule is CC1CCNC(C(=O)Nc2c(Br)cccc2C(=O)O)C1. The van der Waals surface area contributed by atoms with Crippen LogP contribution >= 0.6 is 15.9 Å². The van der Waals surface area contributed by atoms with Gasteiger partial charge in [-0.3, -0.25) is 4.79 Å². The lowest BCUT2D eigenvalue weighted by Crippen LogP contribution is -2.45. The van der Waals surface area contributed by atoms with E-state index in [-0.39, 0.29) is 17.5 Å². The van der Waals surface area contributed by atoms with Gasteiger partial charge in [-0.25, -0.2) is 4.79 Å². The third-order valence-corrected chi connectivity index (χ3v) is 4.14. The van der Waals surface area contributed by atoms with Crippen LogP contribution in [0.2, 0.25) is 0 Å². The van der Waals surface area contributed by atoms with Crippen LogP contribution in [0.3, 0.4) is 0 Å². The van der Waals surface area contributed by atoms with Crippen molar-refractivity contribution >= 4 is 33.5 Å². The molecule has 0 radical (unpaired) electrons. The number of carboxylic acid groups (broad SMARTS) is 1. The molecule has 5 nitrogen and oxygen atoms in total. The number of anilines is 1. The number of carbonyl (C=O) groups is 2. The number of hydrogen-bond donors (Lipinski definition) is 3. The van der Waals surface area contributed by atoms with Crippen LogP contribution in [0, 0.1) is 5.92 Å². The minimum absolute atomic E-state index is 0.0802. The highest BCUT2D eigenvalue weighted by Gasteiger charge is 2.26. The maximum Gasteiger partial charge on any atom is 0.337 e. The maximum absolute atomic E-state index is 12.3. The quantitative estimate of drug-likeness (QED) is 0.789. The van der Waals surface area contributed by atoms with Gasteiger partial charge in [-0.15, -0.1) is 0 Å². The van der Waals surface area contributed by atoms with Gasteiger partial charge in [0.25, 0.3) is 0 Å². The standard InChI is InChI=1S/C14H17BrN2O3/c1-8-5-6-16-11(7-8)13(18)17-12-9(14(19)20)3-2-4-10(12)15/h2-4,8,11,16H,5-7H2,1H3,(H,17,18)(H,19,20). The molecule has 108 valence electrons. The Kier molecular flexibility index (Phi) is 4.77. The largest absolute Gasteiger partial charge is 0.478 e. The summed E-state index contributed by atoms with van der Waals surface area (Å²) in [4.78, 5) is 23.4. The van der Waals surface area contributed by atoms with Crippen molar-refractivity contribution in [2.24, 2.45) is 5.92 Å². The third kappa shape index (κ3) is 3.37. The van der Waals surface area contributed by atoms with E-state index in [4.69, 9.17) is 5.11 Å². The van der Waals surface area contributed by atoms with E-state index in [1.165, 1.54) is 6.07 Å². The molecule has 0 aromatic heterocycles. The molecule has 1 heterocycles. The molecule has 6 heteroatoms. The van der Waals surface area contributed by atoms with Crippen LogP contribution < -0.4 is 10.6 Å². The number of carboxylic acids is 1. The maximum atomic E-state index is 12.3. The number of benzene rings is 1. The Morgan fingerprint density at radius 3 is 2.85 bits per heavy atom. The highest BCUT2D eigenvalue weighted by Crippen LogP contribution is 2.27. The molecule has 1 aromatic carbocycles. The van der Waals surface area contributed by atoms with Crippen molar-refractivity contribution in [3.63, 3.8) is 0 Å². The molecular weight excluding hydrogens is 324 g/mol. The molecule has 1 aromatic rings. The zero-order valence-corrected chi connectivity index (χ0v) is 12.7. The molecule has 20 heavy (non-hydrogen) atoms. The molecule has 1 amide bonds. The second-order valence-electron chi connectivity index (χ2n) is 5.09. The van der Waals surface area contributed by atoms with Crippen LogP contribution in [0.4, 0.5) is 5.69 Å². The highest BCUT2D eigenvalue weighted by molar-refractivity contribution is 9.10. The van der Waals surface area contributed by atoms with Gasteiger partial charge in [-0.2, -0.15) is 0 Å². The number of aromatic carboxylic acids is 1. The summed E-state index contributed by atoms with van der Waals surface area (Å²) in [5, 5.41) is 15.1. The lowest BCUT2D eigenvalue weighted by molar-refractivity contribution is -0.119. The molecule has 1 fully saturated rings. The van der Waals surface area contributed by atoms with Crippen LogP contribution in [-0.2, 0) is 4.79 Å². The lowest BCUT2D eigenvalue weighted by Gasteiger charge is -2.27. The Balaban J connectivity index is 2.17. The van der Waals surface area contributed by atoms with Crippen molar-refractivity contribution in [2.75, 3.05) is 11.9 Å². The molecule has 2 atom stereocenters. The Hall–Kier alpha value is -1.40. The van der Waals surface area contributed by atoms with Gasteiger partial charge >= 0.3 is 5.97 Å². The summed E-state index contributed by atoms with van der Waals surface area (Å²) in [6.07, 6.45) is 1.82. The third-order valence-electron chi connectivity index (χ3n) is 3.47. The van der Waals surface area contributed by atoms with Gasteiger partial charge in [-0.1, -0.05) is 13.0 Å². The van der Waals surface area contributed by atoms with Gasteiger partial charge in [0.2, 0.25) is 5.91 Å². The van der Waals surface area contributed by atoms with Crippen LogP contribution in [0.15, 0.2) is 22.7 Å². The number of carbonyl (C=O) groups excluding carboxylic acids is 1. The molecule has 0 spiro atoms. The first-order chi connectivity index (χ1) is 9.49. The van der Waals surface area contributed by atoms with Crippen molar-refractivity contribution in [2.45, 2.75) is 25.8 Å². The normalized spacial score (nSPS) is 22.3. The van der Waals surface area contributed by atoms with Gasteiger partial charge in [0, 0.05) is 4.47 Å². The van der Waals surface area contributed by atoms with Gasteiger partial charge in [0.1, 0.15) is 0 Å². The van der Waals surface area contributed by atoms with Crippen molar-refractivity contribution in [3.8, 4) is 0 Å². The van der Waals surface area contributed by atoms with Gasteiger partial charge < -0.3 is 15.7 Å². The van der Waals surface area contributed by atoms with Gasteiger partial charge in [0.05, 0.1) is 17.3 Å². The fraction of sp³-hybridized carbons (Fsp3) is 0.429. The molecule has 1 saturated heterocycles. The van der Waals surface area contributed by atoms with E-state index in [0.29, 0.717) is 16.1 Å². The van der Waals surface area contributed by atoms with Crippen molar-refractivity contribution in [3.05, 3.63) is 28.2 Å². The summed E-state index contributed by atoms with van der Waals surface area (Å²) < 4.78 is 0.564. The first-order valence-electron chi connectivity index (χ1n) is 6.55. The Morgan fingerprint density at radius 2 is 2.20 bits per heavy atom. The predicted molar refractivity (Wildman–Crippen MR) is 79.9 cm³/mol. The van der Waals surface area contributed by atoms with Gasteiger partial charge in [-0.05, 0) is 53.4 Å². The summed E-state index contributed by atoms with van der Waals surface area (Å²) in [7, 11) is 0. The molecule has 1 aliphatic rings. The summed E-state index contributed by atoms with van der Waals surface area (Å²) in [5.74, 6) is -0.761. The summed E-state index contributed by atoms with van der Waals surface area (Å²) >= 11 is 3.28. The number of para-hydroxylation sites is 1. The number of rotatable bonds is 3. The lowest BCUT2D eigenvalue weighted by atomic mass is 9.94. The Labute approximate surface area is 125 Å². The molecule has 1 aliphatic heterocycles. The first kappa shape index (κ1) is 15.0. The summed E-state index contributed by atoms with van der Waals surface area (Å²) in [6, 6.07) is 4.54. The number of nitrogens with one attached hydrogen (secondary N) is 2. The highest BCUT2D eigenvalue weighted by atomic mass is 79.9. The van der Waals surface area contributed by atoms with Crippen molar-refractivity contribution in [1.29, 1.82) is 0 Å². The zero-order chi connectivity index (χ0) is 14.7. The van der Waals surface area contributed by atoms with E-state index in [1.807, 2.05) is 0 Å². The fourth-order valence-electron chi connectivity index (χ4n) is 2.35. The van der Waals surface area contributed by atoms with Crippen molar-refractivity contribution < 1.29 is 14.7 Å². The number of hydrogen-bond acceptors (Lipinski definition) is 3. The smallest absolute Gasteiger partial charge is 0.337 e. The van der Waals surface area contributed by atoms with Gasteiger partial charge in [0.15, 0.2) is 0 Å². The van der Waals surface area contributed by atoms with E-state index in [1.54, 1.807) is 12.1 Å². The van der Waals surface area contributed by atoms with E-state index in [2.05, 4.69) is 33.5 Å². The second-order valence-corrected chi connectivity index (χ2v) is 5.95. The second kappa shape index (κ2) is 6.37. The van der Waals surface area contributed by atoms with E-state index in [9.17, 15) is 9.59 Å². The average Bonchev–Trinajstić information content (AvgIpc) is 2.40. The van der Waals surface area contributed by atoms with E-state index >= 15 is 0 Å². The van der Waals surface area contributed by atoms with E-state index in [0.717, 1.165) is 19.4 Å². The predicted octanol–water partition coefficient (Wildman–Crippen LogP) is 2.47. The minimum atomic E-state index is -1.06. The molecule has 3 N–H and O–H groups in total. The van der Waals surface area contributed by atoms with Crippen LogP contribution in [0.25, 0.3) is 0 Å². The minimum Gasteiger partial charge on any atom is -0.478 e. The molecule has 0 bridgehead atoms. The Bertz CT molecular complexity index is 533. The molecular formula is C14H17BrN2O3. The Morgan fingerprint density at radius 1 is 1.45 bits per heavy atom. The van der Waals surface area contributed by atoms with Crippen LogP contribution in [0.1, 0.15) is 30.1 Å². The molecule has 2 rings (SSSR count). The number of piperidine rings is 1. The first-order valence-corrected chi connectivity index (χ1v) is 7.34. The van der Waals surface area contributed by atoms with Crippen LogP contribution in [-0.4, -0.2) is 29.6 Å². The van der Waals surface area contributed by atoms with E-state index < -0.39 is 5.97 Å². The topological polar surface area (TPSA) is 78.4 Å². The fourth-order valence-corrected chi connectivity index (χ4v) is 2.81. The number of amides is 1. The molecule has 0 saturated carbocycles. The molecule has 2 unspecified atom stereocenters. The van der Waals surface area contributed by atoms with Crippen LogP contribution in [0.5, 0.6) is 0 Å². The molecule has 0 aliphatic carbocycles. The average molecular weight is 341 g/mol. The number of halogens is 1. The monoisotopic (exact) mass is 340 g/mol. The van der Waals surface area contributed by atoms with Crippen molar-refractivity contribution in [1.82, 2.24) is 5.32 Å². The zero-order valence-electron chi connectivity index (χ0n) is 11.1. The summed E-state index contributed by atoms with van der Waals surface area (Å²) in [5.41, 5.74) is 0.390. The summed E-state index contributed by atoms with van der Waals surface area (Å²) in [6.45, 7) is 2.92.